The number of carbonyl (C=O) groups is 1. The lowest BCUT2D eigenvalue weighted by Crippen LogP contribution is -2.37. The maximum Gasteiger partial charge on any atom is 0.227 e. The number of benzene rings is 3. The van der Waals surface area contributed by atoms with Gasteiger partial charge in [-0.15, -0.1) is 0 Å². The number of likely N-dealkylation sites (tertiary alicyclic amines) is 1. The first-order valence-corrected chi connectivity index (χ1v) is 14.3. The molecule has 0 bridgehead atoms. The molecule has 2 atom stereocenters. The average Bonchev–Trinajstić information content (AvgIpc) is 3.13. The van der Waals surface area contributed by atoms with E-state index in [1.807, 2.05) is 29.6 Å². The summed E-state index contributed by atoms with van der Waals surface area (Å²) in [6.07, 6.45) is 1.98. The van der Waals surface area contributed by atoms with E-state index in [4.69, 9.17) is 0 Å². The highest BCUT2D eigenvalue weighted by Gasteiger charge is 2.41. The molecule has 0 radical (unpaired) electrons. The number of thioether (sulfide) groups is 2. The van der Waals surface area contributed by atoms with Crippen molar-refractivity contribution in [2.75, 3.05) is 5.75 Å². The van der Waals surface area contributed by atoms with E-state index < -0.39 is 0 Å². The molecule has 1 heterocycles. The van der Waals surface area contributed by atoms with Crippen LogP contribution in [-0.2, 0) is 22.8 Å². The zero-order valence-corrected chi connectivity index (χ0v) is 21.9. The molecule has 0 spiro atoms. The van der Waals surface area contributed by atoms with E-state index in [9.17, 15) is 4.79 Å². The third-order valence-electron chi connectivity index (χ3n) is 6.46. The molecule has 1 amide bonds. The molecule has 34 heavy (non-hydrogen) atoms. The van der Waals surface area contributed by atoms with Gasteiger partial charge in [0.1, 0.15) is 0 Å². The van der Waals surface area contributed by atoms with Gasteiger partial charge < -0.3 is 4.90 Å². The van der Waals surface area contributed by atoms with Gasteiger partial charge in [0, 0.05) is 40.5 Å². The van der Waals surface area contributed by atoms with Crippen molar-refractivity contribution in [3.8, 4) is 0 Å². The van der Waals surface area contributed by atoms with Crippen LogP contribution in [0.4, 0.5) is 0 Å². The molecule has 0 unspecified atom stereocenters. The Bertz CT molecular complexity index is 1020. The number of nitrogens with zero attached hydrogens (tertiary/aromatic N) is 1. The quantitative estimate of drug-likeness (QED) is 0.279. The fourth-order valence-electron chi connectivity index (χ4n) is 4.66. The van der Waals surface area contributed by atoms with Crippen LogP contribution in [0.1, 0.15) is 43.4 Å². The maximum absolute atomic E-state index is 13.5. The summed E-state index contributed by atoms with van der Waals surface area (Å²) >= 11 is 3.89. The van der Waals surface area contributed by atoms with Crippen LogP contribution in [-0.4, -0.2) is 27.3 Å². The fraction of sp³-hybridized carbons (Fsp3) is 0.367. The van der Waals surface area contributed by atoms with Gasteiger partial charge in [-0.2, -0.15) is 23.5 Å². The molecule has 0 N–H and O–H groups in total. The Morgan fingerprint density at radius 1 is 0.794 bits per heavy atom. The highest BCUT2D eigenvalue weighted by atomic mass is 32.2. The summed E-state index contributed by atoms with van der Waals surface area (Å²) in [5.74, 6) is 3.30. The van der Waals surface area contributed by atoms with Gasteiger partial charge in [-0.25, -0.2) is 0 Å². The van der Waals surface area contributed by atoms with Crippen molar-refractivity contribution >= 4 is 29.4 Å². The minimum Gasteiger partial charge on any atom is -0.335 e. The van der Waals surface area contributed by atoms with Crippen LogP contribution in [0.25, 0.3) is 0 Å². The summed E-state index contributed by atoms with van der Waals surface area (Å²) in [6.45, 7) is 5.39. The first-order valence-electron chi connectivity index (χ1n) is 12.1. The third kappa shape index (κ3) is 7.16. The van der Waals surface area contributed by atoms with Crippen molar-refractivity contribution in [3.05, 3.63) is 108 Å². The highest BCUT2D eigenvalue weighted by Crippen LogP contribution is 2.39. The third-order valence-corrected chi connectivity index (χ3v) is 9.06. The number of amides is 1. The van der Waals surface area contributed by atoms with Gasteiger partial charge in [-0.1, -0.05) is 105 Å². The van der Waals surface area contributed by atoms with Crippen molar-refractivity contribution in [3.63, 3.8) is 0 Å². The molecule has 0 aromatic heterocycles. The van der Waals surface area contributed by atoms with E-state index in [0.717, 1.165) is 30.1 Å². The largest absolute Gasteiger partial charge is 0.335 e. The van der Waals surface area contributed by atoms with Gasteiger partial charge in [-0.3, -0.25) is 4.79 Å². The summed E-state index contributed by atoms with van der Waals surface area (Å²) in [5, 5.41) is 0. The van der Waals surface area contributed by atoms with Gasteiger partial charge in [0.05, 0.1) is 0 Å². The number of hydrogen-bond acceptors (Lipinski definition) is 3. The van der Waals surface area contributed by atoms with Gasteiger partial charge in [0.25, 0.3) is 0 Å². The van der Waals surface area contributed by atoms with Gasteiger partial charge in [-0.05, 0) is 29.5 Å². The smallest absolute Gasteiger partial charge is 0.227 e. The second kappa shape index (κ2) is 12.0. The lowest BCUT2D eigenvalue weighted by Gasteiger charge is -2.32. The van der Waals surface area contributed by atoms with Crippen molar-refractivity contribution in [2.45, 2.75) is 55.5 Å². The van der Waals surface area contributed by atoms with Crippen molar-refractivity contribution < 1.29 is 4.79 Å². The number of hydrogen-bond donors (Lipinski definition) is 0. The number of carbonyl (C=O) groups excluding carboxylic acids is 1. The molecule has 4 heteroatoms. The predicted molar refractivity (Wildman–Crippen MR) is 148 cm³/mol. The van der Waals surface area contributed by atoms with Gasteiger partial charge >= 0.3 is 0 Å². The van der Waals surface area contributed by atoms with Crippen LogP contribution >= 0.6 is 23.5 Å². The molecule has 2 nitrogen and oxygen atoms in total. The molecule has 4 rings (SSSR count). The molecule has 0 aliphatic carbocycles. The predicted octanol–water partition coefficient (Wildman–Crippen LogP) is 7.44. The maximum atomic E-state index is 13.5. The minimum atomic E-state index is 0.0990. The van der Waals surface area contributed by atoms with Crippen LogP contribution in [0.5, 0.6) is 0 Å². The van der Waals surface area contributed by atoms with Crippen LogP contribution in [0.15, 0.2) is 91.0 Å². The van der Waals surface area contributed by atoms with Crippen molar-refractivity contribution in [2.24, 2.45) is 5.92 Å². The Morgan fingerprint density at radius 3 is 1.91 bits per heavy atom. The Labute approximate surface area is 213 Å². The fourth-order valence-corrected chi connectivity index (χ4v) is 6.83. The monoisotopic (exact) mass is 489 g/mol. The van der Waals surface area contributed by atoms with E-state index in [-0.39, 0.29) is 16.7 Å². The Kier molecular flexibility index (Phi) is 8.80. The summed E-state index contributed by atoms with van der Waals surface area (Å²) in [6, 6.07) is 32.0. The average molecular weight is 490 g/mol. The van der Waals surface area contributed by atoms with Gasteiger partial charge in [0.15, 0.2) is 0 Å². The number of rotatable bonds is 11. The van der Waals surface area contributed by atoms with Crippen LogP contribution in [0, 0.1) is 5.92 Å². The van der Waals surface area contributed by atoms with E-state index in [1.165, 1.54) is 16.7 Å². The molecule has 178 valence electrons. The molecule has 0 saturated carbocycles. The van der Waals surface area contributed by atoms with E-state index in [1.54, 1.807) is 0 Å². The molecule has 1 aliphatic rings. The summed E-state index contributed by atoms with van der Waals surface area (Å²) in [7, 11) is 0. The SMILES string of the molecule is CC(C)(C[C@H]1C[C@@H](CSCc2ccccc2)C(=O)N1Cc1ccccc1)SCc1ccccc1. The highest BCUT2D eigenvalue weighted by molar-refractivity contribution is 7.99. The summed E-state index contributed by atoms with van der Waals surface area (Å²) < 4.78 is 0.0990. The first kappa shape index (κ1) is 24.9. The topological polar surface area (TPSA) is 20.3 Å². The van der Waals surface area contributed by atoms with Crippen LogP contribution < -0.4 is 0 Å². The molecular weight excluding hydrogens is 454 g/mol. The van der Waals surface area contributed by atoms with E-state index >= 15 is 0 Å². The Morgan fingerprint density at radius 2 is 1.32 bits per heavy atom. The van der Waals surface area contributed by atoms with E-state index in [2.05, 4.69) is 104 Å². The summed E-state index contributed by atoms with van der Waals surface area (Å²) in [5.41, 5.74) is 3.90. The molecular formula is C30H35NOS2. The van der Waals surface area contributed by atoms with Crippen molar-refractivity contribution in [1.29, 1.82) is 0 Å². The lowest BCUT2D eigenvalue weighted by molar-refractivity contribution is -0.132. The molecule has 3 aromatic rings. The Hall–Kier alpha value is -2.17. The molecule has 3 aromatic carbocycles. The van der Waals surface area contributed by atoms with E-state index in [0.29, 0.717) is 12.5 Å². The Balaban J connectivity index is 1.40. The van der Waals surface area contributed by atoms with Crippen LogP contribution in [0.2, 0.25) is 0 Å². The normalized spacial score (nSPS) is 18.4. The second-order valence-corrected chi connectivity index (χ2v) is 12.5. The standard InChI is InChI=1S/C30H35NOS2/c1-30(2,34-22-26-16-10-5-11-17-26)19-28-18-27(23-33-21-25-14-8-4-9-15-25)29(32)31(28)20-24-12-6-3-7-13-24/h3-17,27-28H,18-23H2,1-2H3/t27-,28+/m0/s1. The van der Waals surface area contributed by atoms with Gasteiger partial charge in [0.2, 0.25) is 5.91 Å². The molecule has 1 aliphatic heterocycles. The van der Waals surface area contributed by atoms with Crippen molar-refractivity contribution in [1.82, 2.24) is 4.90 Å². The first-order chi connectivity index (χ1) is 16.5. The zero-order valence-electron chi connectivity index (χ0n) is 20.2. The summed E-state index contributed by atoms with van der Waals surface area (Å²) in [4.78, 5) is 15.7. The minimum absolute atomic E-state index is 0.0990. The molecule has 1 saturated heterocycles. The molecule has 1 fully saturated rings. The second-order valence-electron chi connectivity index (χ2n) is 9.78. The van der Waals surface area contributed by atoms with Crippen LogP contribution in [0.3, 0.4) is 0 Å². The zero-order chi connectivity index (χ0) is 23.8. The lowest BCUT2D eigenvalue weighted by atomic mass is 9.98.